The number of carbonyl (C=O) groups excluding carboxylic acids is 3. The third-order valence-corrected chi connectivity index (χ3v) is 6.21. The Morgan fingerprint density at radius 3 is 2.62 bits per heavy atom. The Balaban J connectivity index is 1.99. The number of amides is 4. The van der Waals surface area contributed by atoms with Gasteiger partial charge in [-0.25, -0.2) is 4.79 Å². The summed E-state index contributed by atoms with van der Waals surface area (Å²) in [6.45, 7) is 6.23. The molecule has 0 bridgehead atoms. The Morgan fingerprint density at radius 1 is 1.21 bits per heavy atom. The van der Waals surface area contributed by atoms with Crippen LogP contribution in [0.25, 0.3) is 0 Å². The quantitative estimate of drug-likeness (QED) is 0.636. The lowest BCUT2D eigenvalue weighted by Gasteiger charge is -2.43. The average molecular weight is 411 g/mol. The average Bonchev–Trinajstić information content (AvgIpc) is 3.19. The van der Waals surface area contributed by atoms with Crippen LogP contribution in [0.2, 0.25) is 0 Å². The summed E-state index contributed by atoms with van der Waals surface area (Å²) < 4.78 is 5.26. The van der Waals surface area contributed by atoms with Crippen LogP contribution in [0.3, 0.4) is 0 Å². The van der Waals surface area contributed by atoms with E-state index in [1.54, 1.807) is 14.0 Å². The highest BCUT2D eigenvalue weighted by molar-refractivity contribution is 5.87. The Hall–Kier alpha value is -1.83. The second kappa shape index (κ2) is 11.4. The van der Waals surface area contributed by atoms with Crippen molar-refractivity contribution in [2.24, 2.45) is 11.8 Å². The molecule has 1 saturated heterocycles. The summed E-state index contributed by atoms with van der Waals surface area (Å²) in [5, 5.41) is 5.15. The summed E-state index contributed by atoms with van der Waals surface area (Å²) in [4.78, 5) is 41.4. The van der Waals surface area contributed by atoms with Crippen LogP contribution in [0.1, 0.15) is 52.4 Å². The van der Waals surface area contributed by atoms with Gasteiger partial charge in [-0.1, -0.05) is 19.8 Å². The van der Waals surface area contributed by atoms with Gasteiger partial charge in [0.25, 0.3) is 0 Å². The van der Waals surface area contributed by atoms with Gasteiger partial charge in [0.15, 0.2) is 0 Å². The third kappa shape index (κ3) is 6.32. The maximum atomic E-state index is 13.1. The van der Waals surface area contributed by atoms with Crippen molar-refractivity contribution in [2.75, 3.05) is 40.4 Å². The van der Waals surface area contributed by atoms with E-state index in [1.807, 2.05) is 9.80 Å². The van der Waals surface area contributed by atoms with Crippen LogP contribution in [0.5, 0.6) is 0 Å². The number of carbonyl (C=O) groups is 3. The molecular weight excluding hydrogens is 372 g/mol. The minimum absolute atomic E-state index is 0.00487. The van der Waals surface area contributed by atoms with Gasteiger partial charge in [0.1, 0.15) is 6.04 Å². The van der Waals surface area contributed by atoms with Gasteiger partial charge in [-0.3, -0.25) is 9.59 Å². The molecule has 0 aromatic carbocycles. The highest BCUT2D eigenvalue weighted by atomic mass is 16.5. The highest BCUT2D eigenvalue weighted by Gasteiger charge is 2.38. The fourth-order valence-corrected chi connectivity index (χ4v) is 4.56. The lowest BCUT2D eigenvalue weighted by atomic mass is 10.00. The molecule has 2 fully saturated rings. The second-order valence-electron chi connectivity index (χ2n) is 8.39. The molecule has 4 atom stereocenters. The van der Waals surface area contributed by atoms with E-state index in [0.29, 0.717) is 25.6 Å². The predicted octanol–water partition coefficient (Wildman–Crippen LogP) is 1.60. The van der Waals surface area contributed by atoms with Gasteiger partial charge in [0.2, 0.25) is 11.8 Å². The van der Waals surface area contributed by atoms with Crippen LogP contribution in [0, 0.1) is 11.8 Å². The maximum Gasteiger partial charge on any atom is 0.315 e. The lowest BCUT2D eigenvalue weighted by molar-refractivity contribution is -0.146. The topological polar surface area (TPSA) is 91.0 Å². The number of rotatable bonds is 8. The van der Waals surface area contributed by atoms with Crippen molar-refractivity contribution in [1.82, 2.24) is 20.4 Å². The molecule has 1 aliphatic carbocycles. The predicted molar refractivity (Wildman–Crippen MR) is 111 cm³/mol. The van der Waals surface area contributed by atoms with E-state index in [9.17, 15) is 14.4 Å². The van der Waals surface area contributed by atoms with E-state index in [2.05, 4.69) is 17.6 Å². The Bertz CT molecular complexity index is 571. The number of hydrogen-bond acceptors (Lipinski definition) is 4. The fraction of sp³-hybridized carbons (Fsp3) is 0.857. The molecule has 0 aromatic rings. The number of nitrogens with one attached hydrogen (secondary N) is 2. The summed E-state index contributed by atoms with van der Waals surface area (Å²) in [6.07, 6.45) is 5.80. The van der Waals surface area contributed by atoms with Gasteiger partial charge in [0.05, 0.1) is 0 Å². The summed E-state index contributed by atoms with van der Waals surface area (Å²) in [5.74, 6) is 0.707. The first-order chi connectivity index (χ1) is 13.9. The van der Waals surface area contributed by atoms with Gasteiger partial charge in [-0.05, 0) is 38.5 Å². The molecule has 1 aliphatic heterocycles. The van der Waals surface area contributed by atoms with E-state index < -0.39 is 6.04 Å². The largest absolute Gasteiger partial charge is 0.384 e. The Labute approximate surface area is 174 Å². The molecule has 2 aliphatic rings. The van der Waals surface area contributed by atoms with Crippen molar-refractivity contribution in [2.45, 2.75) is 64.5 Å². The van der Waals surface area contributed by atoms with E-state index in [0.717, 1.165) is 45.1 Å². The standard InChI is InChI=1S/C21H38N4O4/c1-5-6-7-18-13-24(20(27)17-9-8-16(12-17)14-29-4)10-11-25(18)19(26)15(2)23-21(28)22-3/h15-18H,5-14H2,1-4H3,(H2,22,23,28)/t15-,16-,17+,18-/m0/s1. The smallest absolute Gasteiger partial charge is 0.315 e. The SMILES string of the molecule is CCCC[C@H]1CN(C(=O)[C@@H]2CC[C@H](COC)C2)CCN1C(=O)[C@H](C)NC(=O)NC. The highest BCUT2D eigenvalue weighted by Crippen LogP contribution is 2.33. The van der Waals surface area contributed by atoms with Crippen molar-refractivity contribution < 1.29 is 19.1 Å². The number of hydrogen-bond donors (Lipinski definition) is 2. The first-order valence-corrected chi connectivity index (χ1v) is 11.0. The van der Waals surface area contributed by atoms with E-state index >= 15 is 0 Å². The van der Waals surface area contributed by atoms with Crippen LogP contribution < -0.4 is 10.6 Å². The normalized spacial score (nSPS) is 25.6. The molecule has 0 spiro atoms. The molecule has 166 valence electrons. The summed E-state index contributed by atoms with van der Waals surface area (Å²) in [5.41, 5.74) is 0. The zero-order chi connectivity index (χ0) is 21.4. The minimum atomic E-state index is -0.592. The molecule has 29 heavy (non-hydrogen) atoms. The molecule has 8 nitrogen and oxygen atoms in total. The lowest BCUT2D eigenvalue weighted by Crippen LogP contribution is -2.60. The van der Waals surface area contributed by atoms with Crippen molar-refractivity contribution in [1.29, 1.82) is 0 Å². The van der Waals surface area contributed by atoms with Crippen molar-refractivity contribution in [3.05, 3.63) is 0 Å². The van der Waals surface area contributed by atoms with Gasteiger partial charge in [-0.15, -0.1) is 0 Å². The van der Waals surface area contributed by atoms with E-state index in [4.69, 9.17) is 4.74 Å². The first kappa shape index (κ1) is 23.4. The molecule has 0 radical (unpaired) electrons. The summed E-state index contributed by atoms with van der Waals surface area (Å²) in [6, 6.07) is -0.951. The zero-order valence-electron chi connectivity index (χ0n) is 18.4. The maximum absolute atomic E-state index is 13.1. The van der Waals surface area contributed by atoms with Gasteiger partial charge in [-0.2, -0.15) is 0 Å². The summed E-state index contributed by atoms with van der Waals surface area (Å²) >= 11 is 0. The van der Waals surface area contributed by atoms with Gasteiger partial charge < -0.3 is 25.2 Å². The molecule has 2 N–H and O–H groups in total. The number of ether oxygens (including phenoxy) is 1. The van der Waals surface area contributed by atoms with Crippen molar-refractivity contribution in [3.63, 3.8) is 0 Å². The third-order valence-electron chi connectivity index (χ3n) is 6.21. The zero-order valence-corrected chi connectivity index (χ0v) is 18.4. The molecule has 4 amide bonds. The second-order valence-corrected chi connectivity index (χ2v) is 8.39. The number of nitrogens with zero attached hydrogens (tertiary/aromatic N) is 2. The van der Waals surface area contributed by atoms with Crippen molar-refractivity contribution in [3.8, 4) is 0 Å². The minimum Gasteiger partial charge on any atom is -0.384 e. The van der Waals surface area contributed by atoms with Crippen LogP contribution >= 0.6 is 0 Å². The number of unbranched alkanes of at least 4 members (excludes halogenated alkanes) is 1. The molecule has 2 rings (SSSR count). The van der Waals surface area contributed by atoms with Crippen molar-refractivity contribution >= 4 is 17.8 Å². The van der Waals surface area contributed by atoms with Crippen LogP contribution in [0.15, 0.2) is 0 Å². The Morgan fingerprint density at radius 2 is 1.97 bits per heavy atom. The Kier molecular flexibility index (Phi) is 9.20. The monoisotopic (exact) mass is 410 g/mol. The molecular formula is C21H38N4O4. The molecule has 1 saturated carbocycles. The van der Waals surface area contributed by atoms with Crippen LogP contribution in [0.4, 0.5) is 4.79 Å². The van der Waals surface area contributed by atoms with Crippen LogP contribution in [-0.4, -0.2) is 80.1 Å². The van der Waals surface area contributed by atoms with Gasteiger partial charge in [0, 0.05) is 52.4 Å². The molecule has 8 heteroatoms. The number of urea groups is 1. The molecule has 0 unspecified atom stereocenters. The van der Waals surface area contributed by atoms with E-state index in [1.165, 1.54) is 7.05 Å². The fourth-order valence-electron chi connectivity index (χ4n) is 4.56. The molecule has 0 aromatic heterocycles. The summed E-state index contributed by atoms with van der Waals surface area (Å²) in [7, 11) is 3.24. The molecule has 1 heterocycles. The number of piperazine rings is 1. The van der Waals surface area contributed by atoms with Crippen LogP contribution in [-0.2, 0) is 14.3 Å². The number of methoxy groups -OCH3 is 1. The van der Waals surface area contributed by atoms with E-state index in [-0.39, 0.29) is 29.8 Å². The van der Waals surface area contributed by atoms with Gasteiger partial charge >= 0.3 is 6.03 Å². The first-order valence-electron chi connectivity index (χ1n) is 11.0.